The molecule has 0 unspecified atom stereocenters. The zero-order chi connectivity index (χ0) is 20.0. The number of carboxylic acid groups (broad SMARTS) is 1. The predicted octanol–water partition coefficient (Wildman–Crippen LogP) is 2.95. The molecular weight excluding hydrogens is 328 g/mol. The molecule has 0 bridgehead atoms. The van der Waals surface area contributed by atoms with Gasteiger partial charge in [0, 0.05) is 20.6 Å². The Morgan fingerprint density at radius 3 is 1.76 bits per heavy atom. The standard InChI is InChI=1S/C17H32N2O6/c1-16(2,3)24-14(22)18(7)11-9-10-12(13(20)21)19(8)15(23)25-17(4,5)6/h12H,9-11H2,1-8H3,(H,20,21)/t12-/m0/s1. The van der Waals surface area contributed by atoms with Crippen molar-refractivity contribution >= 4 is 18.2 Å². The quantitative estimate of drug-likeness (QED) is 0.782. The molecule has 0 saturated carbocycles. The Bertz CT molecular complexity index is 479. The number of nitrogens with zero attached hydrogens (tertiary/aromatic N) is 2. The SMILES string of the molecule is CN(CCC[C@@H](C(=O)O)N(C)C(=O)OC(C)(C)C)C(=O)OC(C)(C)C. The van der Waals surface area contributed by atoms with E-state index in [4.69, 9.17) is 9.47 Å². The maximum Gasteiger partial charge on any atom is 0.410 e. The summed E-state index contributed by atoms with van der Waals surface area (Å²) in [6.45, 7) is 10.8. The first-order valence-corrected chi connectivity index (χ1v) is 8.27. The van der Waals surface area contributed by atoms with Gasteiger partial charge in [-0.1, -0.05) is 0 Å². The molecule has 0 fully saturated rings. The fraction of sp³-hybridized carbons (Fsp3) is 0.824. The van der Waals surface area contributed by atoms with E-state index in [9.17, 15) is 19.5 Å². The number of likely N-dealkylation sites (N-methyl/N-ethyl adjacent to an activating group) is 1. The number of carbonyl (C=O) groups excluding carboxylic acids is 2. The van der Waals surface area contributed by atoms with Gasteiger partial charge < -0.3 is 19.5 Å². The molecule has 8 nitrogen and oxygen atoms in total. The first-order valence-electron chi connectivity index (χ1n) is 8.27. The van der Waals surface area contributed by atoms with Crippen LogP contribution in [0.2, 0.25) is 0 Å². The van der Waals surface area contributed by atoms with Crippen molar-refractivity contribution in [2.75, 3.05) is 20.6 Å². The average molecular weight is 360 g/mol. The van der Waals surface area contributed by atoms with Crippen LogP contribution in [0.15, 0.2) is 0 Å². The molecule has 0 aromatic carbocycles. The number of ether oxygens (including phenoxy) is 2. The third kappa shape index (κ3) is 9.79. The molecule has 1 N–H and O–H groups in total. The number of amides is 2. The van der Waals surface area contributed by atoms with Crippen LogP contribution in [0.1, 0.15) is 54.4 Å². The fourth-order valence-electron chi connectivity index (χ4n) is 1.90. The summed E-state index contributed by atoms with van der Waals surface area (Å²) in [6, 6.07) is -1.03. The van der Waals surface area contributed by atoms with Gasteiger partial charge in [-0.25, -0.2) is 14.4 Å². The van der Waals surface area contributed by atoms with E-state index in [2.05, 4.69) is 0 Å². The maximum atomic E-state index is 12.0. The highest BCUT2D eigenvalue weighted by Crippen LogP contribution is 2.14. The van der Waals surface area contributed by atoms with E-state index in [0.29, 0.717) is 13.0 Å². The molecule has 0 spiro atoms. The molecule has 25 heavy (non-hydrogen) atoms. The molecule has 0 aliphatic carbocycles. The summed E-state index contributed by atoms with van der Waals surface area (Å²) in [5, 5.41) is 9.36. The fourth-order valence-corrected chi connectivity index (χ4v) is 1.90. The highest BCUT2D eigenvalue weighted by atomic mass is 16.6. The van der Waals surface area contributed by atoms with Crippen LogP contribution >= 0.6 is 0 Å². The molecule has 146 valence electrons. The summed E-state index contributed by atoms with van der Waals surface area (Å²) in [5.74, 6) is -1.12. The Morgan fingerprint density at radius 1 is 0.920 bits per heavy atom. The van der Waals surface area contributed by atoms with Gasteiger partial charge >= 0.3 is 18.2 Å². The lowest BCUT2D eigenvalue weighted by molar-refractivity contribution is -0.143. The van der Waals surface area contributed by atoms with Crippen LogP contribution in [-0.4, -0.2) is 70.9 Å². The molecule has 0 heterocycles. The number of carbonyl (C=O) groups is 3. The van der Waals surface area contributed by atoms with Crippen LogP contribution in [0.25, 0.3) is 0 Å². The molecule has 0 aromatic heterocycles. The van der Waals surface area contributed by atoms with Crippen LogP contribution in [0.4, 0.5) is 9.59 Å². The van der Waals surface area contributed by atoms with E-state index in [0.717, 1.165) is 4.90 Å². The minimum atomic E-state index is -1.12. The summed E-state index contributed by atoms with van der Waals surface area (Å²) in [5.41, 5.74) is -1.29. The number of aliphatic carboxylic acids is 1. The van der Waals surface area contributed by atoms with E-state index in [1.807, 2.05) is 0 Å². The molecule has 8 heteroatoms. The van der Waals surface area contributed by atoms with Gasteiger partial charge in [-0.05, 0) is 54.4 Å². The van der Waals surface area contributed by atoms with Crippen molar-refractivity contribution in [2.24, 2.45) is 0 Å². The summed E-state index contributed by atoms with van der Waals surface area (Å²) in [7, 11) is 2.98. The van der Waals surface area contributed by atoms with Gasteiger partial charge in [-0.15, -0.1) is 0 Å². The molecule has 2 amide bonds. The molecule has 0 aromatic rings. The summed E-state index contributed by atoms with van der Waals surface area (Å²) < 4.78 is 10.4. The zero-order valence-electron chi connectivity index (χ0n) is 16.6. The normalized spacial score (nSPS) is 13.0. The molecule has 0 saturated heterocycles. The predicted molar refractivity (Wildman–Crippen MR) is 93.5 cm³/mol. The second-order valence-corrected chi connectivity index (χ2v) is 7.99. The maximum absolute atomic E-state index is 12.0. The van der Waals surface area contributed by atoms with Gasteiger partial charge in [-0.3, -0.25) is 4.90 Å². The van der Waals surface area contributed by atoms with E-state index < -0.39 is 35.4 Å². The van der Waals surface area contributed by atoms with Gasteiger partial charge in [0.05, 0.1) is 0 Å². The van der Waals surface area contributed by atoms with Crippen molar-refractivity contribution in [3.8, 4) is 0 Å². The van der Waals surface area contributed by atoms with E-state index in [1.165, 1.54) is 11.9 Å². The lowest BCUT2D eigenvalue weighted by atomic mass is 10.1. The Labute approximate surface area is 150 Å². The highest BCUT2D eigenvalue weighted by Gasteiger charge is 2.30. The number of rotatable bonds is 6. The highest BCUT2D eigenvalue weighted by molar-refractivity contribution is 5.80. The molecule has 1 atom stereocenters. The molecule has 0 rings (SSSR count). The number of carboxylic acids is 1. The van der Waals surface area contributed by atoms with Crippen molar-refractivity contribution in [1.29, 1.82) is 0 Å². The lowest BCUT2D eigenvalue weighted by Crippen LogP contribution is -2.45. The number of hydrogen-bond donors (Lipinski definition) is 1. The lowest BCUT2D eigenvalue weighted by Gasteiger charge is -2.29. The van der Waals surface area contributed by atoms with Crippen LogP contribution < -0.4 is 0 Å². The monoisotopic (exact) mass is 360 g/mol. The molecule has 0 radical (unpaired) electrons. The van der Waals surface area contributed by atoms with Crippen molar-refractivity contribution in [1.82, 2.24) is 9.80 Å². The minimum Gasteiger partial charge on any atom is -0.480 e. The first-order chi connectivity index (χ1) is 11.1. The van der Waals surface area contributed by atoms with Crippen molar-refractivity contribution < 1.29 is 29.0 Å². The van der Waals surface area contributed by atoms with E-state index in [-0.39, 0.29) is 6.42 Å². The van der Waals surface area contributed by atoms with Crippen LogP contribution in [0, 0.1) is 0 Å². The van der Waals surface area contributed by atoms with Crippen molar-refractivity contribution in [3.05, 3.63) is 0 Å². The molecule has 0 aliphatic rings. The van der Waals surface area contributed by atoms with Gasteiger partial charge in [0.2, 0.25) is 0 Å². The van der Waals surface area contributed by atoms with E-state index in [1.54, 1.807) is 48.6 Å². The second kappa shape index (κ2) is 8.92. The van der Waals surface area contributed by atoms with Gasteiger partial charge in [0.1, 0.15) is 17.2 Å². The van der Waals surface area contributed by atoms with Gasteiger partial charge in [0.15, 0.2) is 0 Å². The van der Waals surface area contributed by atoms with Crippen LogP contribution in [0.3, 0.4) is 0 Å². The van der Waals surface area contributed by atoms with Crippen molar-refractivity contribution in [3.63, 3.8) is 0 Å². The third-order valence-corrected chi connectivity index (χ3v) is 3.11. The third-order valence-electron chi connectivity index (χ3n) is 3.11. The van der Waals surface area contributed by atoms with Crippen LogP contribution in [0.5, 0.6) is 0 Å². The number of hydrogen-bond acceptors (Lipinski definition) is 5. The largest absolute Gasteiger partial charge is 0.480 e. The second-order valence-electron chi connectivity index (χ2n) is 7.99. The van der Waals surface area contributed by atoms with E-state index >= 15 is 0 Å². The van der Waals surface area contributed by atoms with Crippen LogP contribution in [-0.2, 0) is 14.3 Å². The van der Waals surface area contributed by atoms with Gasteiger partial charge in [-0.2, -0.15) is 0 Å². The summed E-state index contributed by atoms with van der Waals surface area (Å²) in [6.07, 6.45) is -0.571. The van der Waals surface area contributed by atoms with Gasteiger partial charge in [0.25, 0.3) is 0 Å². The topological polar surface area (TPSA) is 96.4 Å². The zero-order valence-corrected chi connectivity index (χ0v) is 16.6. The first kappa shape index (κ1) is 23.0. The molecule has 0 aliphatic heterocycles. The summed E-state index contributed by atoms with van der Waals surface area (Å²) in [4.78, 5) is 37.8. The Hall–Kier alpha value is -1.99. The Morgan fingerprint density at radius 2 is 1.36 bits per heavy atom. The Kier molecular flexibility index (Phi) is 8.21. The summed E-state index contributed by atoms with van der Waals surface area (Å²) >= 11 is 0. The Balaban J connectivity index is 4.62. The minimum absolute atomic E-state index is 0.193. The smallest absolute Gasteiger partial charge is 0.410 e. The van der Waals surface area contributed by atoms with Crippen molar-refractivity contribution in [2.45, 2.75) is 71.6 Å². The average Bonchev–Trinajstić information content (AvgIpc) is 2.38. The molecular formula is C17H32N2O6.